The van der Waals surface area contributed by atoms with E-state index in [1.165, 1.54) is 19.3 Å². The van der Waals surface area contributed by atoms with Gasteiger partial charge in [0.25, 0.3) is 0 Å². The summed E-state index contributed by atoms with van der Waals surface area (Å²) in [6.07, 6.45) is 11.1. The van der Waals surface area contributed by atoms with Crippen molar-refractivity contribution in [1.29, 1.82) is 0 Å². The normalized spacial score (nSPS) is 22.1. The van der Waals surface area contributed by atoms with Gasteiger partial charge < -0.3 is 0 Å². The summed E-state index contributed by atoms with van der Waals surface area (Å²) in [4.78, 5) is 0. The quantitative estimate of drug-likeness (QED) is 0.399. The summed E-state index contributed by atoms with van der Waals surface area (Å²) in [7, 11) is 0. The van der Waals surface area contributed by atoms with Crippen LogP contribution >= 0.6 is 0 Å². The Morgan fingerprint density at radius 3 is 2.86 bits per heavy atom. The molecule has 0 amide bonds. The Morgan fingerprint density at radius 2 is 2.57 bits per heavy atom. The molecule has 0 aliphatic heterocycles. The molecule has 0 heteroatoms. The molecule has 1 rings (SSSR count). The van der Waals surface area contributed by atoms with Crippen LogP contribution < -0.4 is 0 Å². The molecular weight excluding hydrogens is 84.1 g/mol. The smallest absolute Gasteiger partial charge is 0.0231 e. The SMILES string of the molecule is C#CC1[CH]CCC1. The first-order valence-electron chi connectivity index (χ1n) is 2.73. The lowest BCUT2D eigenvalue weighted by Gasteiger charge is -1.91. The van der Waals surface area contributed by atoms with Gasteiger partial charge in [0.05, 0.1) is 0 Å². The third-order valence-corrected chi connectivity index (χ3v) is 1.38. The van der Waals surface area contributed by atoms with Gasteiger partial charge in [-0.15, -0.1) is 12.3 Å². The van der Waals surface area contributed by atoms with E-state index in [0.717, 1.165) is 0 Å². The van der Waals surface area contributed by atoms with Crippen LogP contribution in [0.1, 0.15) is 19.3 Å². The van der Waals surface area contributed by atoms with E-state index in [-0.39, 0.29) is 0 Å². The lowest BCUT2D eigenvalue weighted by molar-refractivity contribution is 0.786. The van der Waals surface area contributed by atoms with Crippen molar-refractivity contribution in [2.24, 2.45) is 5.92 Å². The van der Waals surface area contributed by atoms with Crippen LogP contribution in [0, 0.1) is 24.7 Å². The Bertz CT molecular complexity index is 80.7. The Kier molecular flexibility index (Phi) is 1.36. The minimum atomic E-state index is 0.500. The van der Waals surface area contributed by atoms with E-state index in [1.54, 1.807) is 0 Å². The molecule has 0 N–H and O–H groups in total. The van der Waals surface area contributed by atoms with Crippen LogP contribution in [-0.4, -0.2) is 0 Å². The van der Waals surface area contributed by atoms with E-state index in [1.807, 2.05) is 0 Å². The van der Waals surface area contributed by atoms with Crippen molar-refractivity contribution in [1.82, 2.24) is 0 Å². The molecule has 0 spiro atoms. The first-order chi connectivity index (χ1) is 3.43. The monoisotopic (exact) mass is 93.1 g/mol. The van der Waals surface area contributed by atoms with Gasteiger partial charge in [-0.2, -0.15) is 0 Å². The lowest BCUT2D eigenvalue weighted by Crippen LogP contribution is -1.84. The average molecular weight is 93.1 g/mol. The Morgan fingerprint density at radius 1 is 1.71 bits per heavy atom. The summed E-state index contributed by atoms with van der Waals surface area (Å²) < 4.78 is 0. The third kappa shape index (κ3) is 0.962. The van der Waals surface area contributed by atoms with Gasteiger partial charge in [-0.25, -0.2) is 0 Å². The van der Waals surface area contributed by atoms with E-state index in [0.29, 0.717) is 5.92 Å². The minimum Gasteiger partial charge on any atom is -0.120 e. The predicted octanol–water partition coefficient (Wildman–Crippen LogP) is 1.62. The molecule has 1 atom stereocenters. The molecule has 1 saturated carbocycles. The summed E-state index contributed by atoms with van der Waals surface area (Å²) in [5, 5.41) is 0. The van der Waals surface area contributed by atoms with Crippen LogP contribution in [0.5, 0.6) is 0 Å². The zero-order chi connectivity index (χ0) is 5.11. The van der Waals surface area contributed by atoms with Crippen LogP contribution in [0.25, 0.3) is 0 Å². The molecule has 1 aliphatic carbocycles. The van der Waals surface area contributed by atoms with Gasteiger partial charge in [0, 0.05) is 5.92 Å². The van der Waals surface area contributed by atoms with E-state index < -0.39 is 0 Å². The van der Waals surface area contributed by atoms with Crippen molar-refractivity contribution >= 4 is 0 Å². The second-order valence-corrected chi connectivity index (χ2v) is 1.94. The molecule has 0 bridgehead atoms. The van der Waals surface area contributed by atoms with Gasteiger partial charge in [-0.1, -0.05) is 6.42 Å². The largest absolute Gasteiger partial charge is 0.120 e. The van der Waals surface area contributed by atoms with E-state index in [9.17, 15) is 0 Å². The predicted molar refractivity (Wildman–Crippen MR) is 30.5 cm³/mol. The molecule has 1 unspecified atom stereocenters. The maximum Gasteiger partial charge on any atom is 0.0231 e. The van der Waals surface area contributed by atoms with E-state index in [4.69, 9.17) is 6.42 Å². The maximum atomic E-state index is 5.15. The zero-order valence-corrected chi connectivity index (χ0v) is 4.35. The summed E-state index contributed by atoms with van der Waals surface area (Å²) in [5.74, 6) is 3.21. The van der Waals surface area contributed by atoms with Crippen LogP contribution in [0.4, 0.5) is 0 Å². The van der Waals surface area contributed by atoms with Gasteiger partial charge in [-0.3, -0.25) is 0 Å². The average Bonchev–Trinajstić information content (AvgIpc) is 2.14. The molecule has 7 heavy (non-hydrogen) atoms. The first-order valence-corrected chi connectivity index (χ1v) is 2.73. The molecule has 1 aliphatic rings. The van der Waals surface area contributed by atoms with Crippen molar-refractivity contribution in [2.45, 2.75) is 19.3 Å². The first kappa shape index (κ1) is 4.71. The van der Waals surface area contributed by atoms with Crippen LogP contribution in [0.15, 0.2) is 0 Å². The maximum absolute atomic E-state index is 5.15. The molecule has 0 saturated heterocycles. The fourth-order valence-corrected chi connectivity index (χ4v) is 0.926. The molecular formula is C7H9. The van der Waals surface area contributed by atoms with Crippen molar-refractivity contribution in [3.05, 3.63) is 6.42 Å². The highest BCUT2D eigenvalue weighted by Crippen LogP contribution is 2.21. The fourth-order valence-electron chi connectivity index (χ4n) is 0.926. The molecule has 0 aromatic heterocycles. The lowest BCUT2D eigenvalue weighted by atomic mass is 10.1. The summed E-state index contributed by atoms with van der Waals surface area (Å²) in [5.41, 5.74) is 0. The highest BCUT2D eigenvalue weighted by Gasteiger charge is 2.10. The number of terminal acetylenes is 1. The second kappa shape index (κ2) is 2.02. The van der Waals surface area contributed by atoms with Crippen LogP contribution in [0.2, 0.25) is 0 Å². The third-order valence-electron chi connectivity index (χ3n) is 1.38. The number of hydrogen-bond acceptors (Lipinski definition) is 0. The van der Waals surface area contributed by atoms with Gasteiger partial charge in [0.15, 0.2) is 0 Å². The Hall–Kier alpha value is -0.440. The molecule has 0 nitrogen and oxygen atoms in total. The van der Waals surface area contributed by atoms with Crippen molar-refractivity contribution in [3.8, 4) is 12.3 Å². The highest BCUT2D eigenvalue weighted by atomic mass is 14.1. The van der Waals surface area contributed by atoms with Crippen molar-refractivity contribution < 1.29 is 0 Å². The summed E-state index contributed by atoms with van der Waals surface area (Å²) in [6, 6.07) is 0. The molecule has 1 fully saturated rings. The Balaban J connectivity index is 2.31. The molecule has 37 valence electrons. The molecule has 1 radical (unpaired) electrons. The summed E-state index contributed by atoms with van der Waals surface area (Å²) in [6.45, 7) is 0. The molecule has 0 heterocycles. The van der Waals surface area contributed by atoms with Gasteiger partial charge in [0.2, 0.25) is 0 Å². The Labute approximate surface area is 44.9 Å². The topological polar surface area (TPSA) is 0 Å². The van der Waals surface area contributed by atoms with Crippen LogP contribution in [-0.2, 0) is 0 Å². The molecule has 0 aromatic carbocycles. The van der Waals surface area contributed by atoms with Gasteiger partial charge >= 0.3 is 0 Å². The fraction of sp³-hybridized carbons (Fsp3) is 0.571. The molecule has 0 aromatic rings. The summed E-state index contributed by atoms with van der Waals surface area (Å²) >= 11 is 0. The van der Waals surface area contributed by atoms with Gasteiger partial charge in [-0.05, 0) is 19.3 Å². The number of rotatable bonds is 0. The minimum absolute atomic E-state index is 0.500. The zero-order valence-electron chi connectivity index (χ0n) is 4.35. The second-order valence-electron chi connectivity index (χ2n) is 1.94. The van der Waals surface area contributed by atoms with E-state index >= 15 is 0 Å². The number of hydrogen-bond donors (Lipinski definition) is 0. The standard InChI is InChI=1S/C7H9/c1-2-7-5-3-4-6-7/h1,5,7H,3-4,6H2. The highest BCUT2D eigenvalue weighted by molar-refractivity contribution is 5.03. The van der Waals surface area contributed by atoms with E-state index in [2.05, 4.69) is 12.3 Å². The van der Waals surface area contributed by atoms with Crippen LogP contribution in [0.3, 0.4) is 0 Å². The van der Waals surface area contributed by atoms with Gasteiger partial charge in [0.1, 0.15) is 0 Å². The van der Waals surface area contributed by atoms with Crippen molar-refractivity contribution in [3.63, 3.8) is 0 Å². The van der Waals surface area contributed by atoms with Crippen molar-refractivity contribution in [2.75, 3.05) is 0 Å².